The van der Waals surface area contributed by atoms with Crippen molar-refractivity contribution in [2.45, 2.75) is 13.3 Å². The molecule has 0 amide bonds. The van der Waals surface area contributed by atoms with Gasteiger partial charge >= 0.3 is 0 Å². The molecule has 0 atom stereocenters. The van der Waals surface area contributed by atoms with E-state index in [0.29, 0.717) is 13.3 Å². The normalized spacial score (nSPS) is 16.4. The van der Waals surface area contributed by atoms with Gasteiger partial charge in [0.1, 0.15) is 0 Å². The average molecular weight is 167 g/mol. The van der Waals surface area contributed by atoms with Gasteiger partial charge in [0, 0.05) is 12.1 Å². The molecule has 2 heterocycles. The van der Waals surface area contributed by atoms with E-state index in [0.717, 1.165) is 0 Å². The Kier molecular flexibility index (Phi) is 1.41. The van der Waals surface area contributed by atoms with E-state index in [-0.39, 0.29) is 11.1 Å². The smallest absolute Gasteiger partial charge is 0.266 e. The molecule has 0 spiro atoms. The van der Waals surface area contributed by atoms with Gasteiger partial charge in [-0.25, -0.2) is 9.36 Å². The Labute approximate surface area is 68.4 Å². The Bertz CT molecular complexity index is 378. The molecular formula is C7H9N3O2. The number of rotatable bonds is 0. The molecule has 0 aromatic carbocycles. The van der Waals surface area contributed by atoms with Crippen LogP contribution in [0.2, 0.25) is 0 Å². The highest BCUT2D eigenvalue weighted by molar-refractivity contribution is 4.89. The Balaban J connectivity index is 2.72. The molecule has 64 valence electrons. The second-order valence-corrected chi connectivity index (χ2v) is 2.95. The minimum absolute atomic E-state index is 0.126. The van der Waals surface area contributed by atoms with Gasteiger partial charge < -0.3 is 0 Å². The molecule has 0 unspecified atom stereocenters. The summed E-state index contributed by atoms with van der Waals surface area (Å²) in [6.45, 7) is 0.990. The maximum Gasteiger partial charge on any atom is 0.266 e. The lowest BCUT2D eigenvalue weighted by atomic mass is 10.5. The van der Waals surface area contributed by atoms with E-state index in [2.05, 4.69) is 0 Å². The van der Waals surface area contributed by atoms with Crippen LogP contribution < -0.4 is 11.1 Å². The molecule has 12 heavy (non-hydrogen) atoms. The zero-order valence-corrected chi connectivity index (χ0v) is 6.73. The highest BCUT2D eigenvalue weighted by Gasteiger charge is 2.15. The van der Waals surface area contributed by atoms with Crippen molar-refractivity contribution in [2.24, 2.45) is 0 Å². The van der Waals surface area contributed by atoms with Crippen molar-refractivity contribution in [3.8, 4) is 0 Å². The maximum atomic E-state index is 11.2. The molecule has 5 heteroatoms. The third-order valence-electron chi connectivity index (χ3n) is 1.92. The Morgan fingerprint density at radius 2 is 1.50 bits per heavy atom. The molecule has 0 aliphatic carbocycles. The minimum Gasteiger partial charge on any atom is -0.268 e. The number of aromatic nitrogens is 2. The molecule has 2 rings (SSSR count). The predicted molar refractivity (Wildman–Crippen MR) is 42.7 cm³/mol. The zero-order chi connectivity index (χ0) is 8.72. The van der Waals surface area contributed by atoms with Crippen LogP contribution in [-0.4, -0.2) is 21.3 Å². The van der Waals surface area contributed by atoms with Crippen molar-refractivity contribution in [1.82, 2.24) is 14.3 Å². The number of hydrogen-bond acceptors (Lipinski definition) is 3. The second kappa shape index (κ2) is 2.31. The first-order valence-electron chi connectivity index (χ1n) is 3.68. The molecule has 1 aliphatic rings. The van der Waals surface area contributed by atoms with Crippen molar-refractivity contribution < 1.29 is 0 Å². The maximum absolute atomic E-state index is 11.2. The van der Waals surface area contributed by atoms with Gasteiger partial charge in [0.15, 0.2) is 0 Å². The van der Waals surface area contributed by atoms with Crippen LogP contribution in [0.1, 0.15) is 0 Å². The lowest BCUT2D eigenvalue weighted by molar-refractivity contribution is 0.305. The SMILES string of the molecule is CN1Cn2c(=O)ccc(=O)n2C1. The summed E-state index contributed by atoms with van der Waals surface area (Å²) in [5.41, 5.74) is -0.252. The van der Waals surface area contributed by atoms with Crippen molar-refractivity contribution in [1.29, 1.82) is 0 Å². The van der Waals surface area contributed by atoms with Crippen LogP contribution in [0.5, 0.6) is 0 Å². The first-order valence-corrected chi connectivity index (χ1v) is 3.68. The largest absolute Gasteiger partial charge is 0.268 e. The first kappa shape index (κ1) is 7.30. The standard InChI is InChI=1S/C7H9N3O2/c1-8-4-9-6(11)2-3-7(12)10(9)5-8/h2-3H,4-5H2,1H3. The fourth-order valence-electron chi connectivity index (χ4n) is 1.35. The van der Waals surface area contributed by atoms with Gasteiger partial charge in [0.2, 0.25) is 0 Å². The van der Waals surface area contributed by atoms with Gasteiger partial charge in [-0.2, -0.15) is 0 Å². The summed E-state index contributed by atoms with van der Waals surface area (Å²) in [5.74, 6) is 0. The molecule has 1 aromatic rings. The monoisotopic (exact) mass is 167 g/mol. The van der Waals surface area contributed by atoms with Crippen LogP contribution in [0.25, 0.3) is 0 Å². The van der Waals surface area contributed by atoms with E-state index in [1.165, 1.54) is 21.5 Å². The summed E-state index contributed by atoms with van der Waals surface area (Å²) in [4.78, 5) is 24.3. The summed E-state index contributed by atoms with van der Waals surface area (Å²) in [7, 11) is 1.86. The second-order valence-electron chi connectivity index (χ2n) is 2.95. The molecular weight excluding hydrogens is 158 g/mol. The van der Waals surface area contributed by atoms with Gasteiger partial charge in [0.05, 0.1) is 13.3 Å². The summed E-state index contributed by atoms with van der Waals surface area (Å²) in [6.07, 6.45) is 0. The molecule has 0 saturated carbocycles. The van der Waals surface area contributed by atoms with Crippen molar-refractivity contribution in [3.63, 3.8) is 0 Å². The Morgan fingerprint density at radius 1 is 1.08 bits per heavy atom. The van der Waals surface area contributed by atoms with Gasteiger partial charge in [-0.1, -0.05) is 0 Å². The molecule has 0 radical (unpaired) electrons. The lowest BCUT2D eigenvalue weighted by Crippen LogP contribution is -2.32. The zero-order valence-electron chi connectivity index (χ0n) is 6.73. The van der Waals surface area contributed by atoms with Gasteiger partial charge in [-0.15, -0.1) is 0 Å². The highest BCUT2D eigenvalue weighted by Crippen LogP contribution is 1.96. The van der Waals surface area contributed by atoms with E-state index in [4.69, 9.17) is 0 Å². The first-order chi connectivity index (χ1) is 5.68. The third kappa shape index (κ3) is 0.902. The molecule has 0 saturated heterocycles. The topological polar surface area (TPSA) is 47.2 Å². The molecule has 1 aromatic heterocycles. The van der Waals surface area contributed by atoms with Crippen LogP contribution in [0.4, 0.5) is 0 Å². The van der Waals surface area contributed by atoms with Crippen LogP contribution in [0.3, 0.4) is 0 Å². The predicted octanol–water partition coefficient (Wildman–Crippen LogP) is -1.13. The highest BCUT2D eigenvalue weighted by atomic mass is 16.2. The molecule has 1 aliphatic heterocycles. The minimum atomic E-state index is -0.126. The molecule has 0 bridgehead atoms. The fraction of sp³-hybridized carbons (Fsp3) is 0.429. The lowest BCUT2D eigenvalue weighted by Gasteiger charge is -2.00. The van der Waals surface area contributed by atoms with E-state index < -0.39 is 0 Å². The summed E-state index contributed by atoms with van der Waals surface area (Å²) in [6, 6.07) is 2.61. The third-order valence-corrected chi connectivity index (χ3v) is 1.92. The van der Waals surface area contributed by atoms with E-state index in [1.54, 1.807) is 0 Å². The number of hydrogen-bond donors (Lipinski definition) is 0. The number of fused-ring (bicyclic) bond motifs is 1. The quantitative estimate of drug-likeness (QED) is 0.491. The van der Waals surface area contributed by atoms with Crippen LogP contribution >= 0.6 is 0 Å². The van der Waals surface area contributed by atoms with Crippen LogP contribution in [0, 0.1) is 0 Å². The summed E-state index contributed by atoms with van der Waals surface area (Å²) < 4.78 is 2.87. The number of nitrogens with zero attached hydrogens (tertiary/aromatic N) is 3. The Morgan fingerprint density at radius 3 is 1.92 bits per heavy atom. The van der Waals surface area contributed by atoms with Crippen molar-refractivity contribution >= 4 is 0 Å². The molecule has 5 nitrogen and oxygen atoms in total. The van der Waals surface area contributed by atoms with E-state index >= 15 is 0 Å². The van der Waals surface area contributed by atoms with E-state index in [1.807, 2.05) is 11.9 Å². The van der Waals surface area contributed by atoms with Crippen molar-refractivity contribution in [3.05, 3.63) is 32.8 Å². The molecule has 0 fully saturated rings. The summed E-state index contributed by atoms with van der Waals surface area (Å²) in [5, 5.41) is 0. The van der Waals surface area contributed by atoms with Gasteiger partial charge in [-0.3, -0.25) is 14.5 Å². The van der Waals surface area contributed by atoms with Gasteiger partial charge in [-0.05, 0) is 7.05 Å². The fourth-order valence-corrected chi connectivity index (χ4v) is 1.35. The average Bonchev–Trinajstić information content (AvgIpc) is 2.41. The van der Waals surface area contributed by atoms with Crippen LogP contribution in [-0.2, 0) is 13.3 Å². The van der Waals surface area contributed by atoms with E-state index in [9.17, 15) is 9.59 Å². The molecule has 0 N–H and O–H groups in total. The van der Waals surface area contributed by atoms with Gasteiger partial charge in [0.25, 0.3) is 11.1 Å². The summed E-state index contributed by atoms with van der Waals surface area (Å²) >= 11 is 0. The Hall–Kier alpha value is -1.36. The van der Waals surface area contributed by atoms with Crippen LogP contribution in [0.15, 0.2) is 21.7 Å². The van der Waals surface area contributed by atoms with Crippen molar-refractivity contribution in [2.75, 3.05) is 7.05 Å².